The highest BCUT2D eigenvalue weighted by Gasteiger charge is 2.23. The number of aryl methyl sites for hydroxylation is 1. The number of nitrogens with one attached hydrogen (secondary N) is 1. The van der Waals surface area contributed by atoms with Gasteiger partial charge in [0.1, 0.15) is 6.61 Å². The van der Waals surface area contributed by atoms with Gasteiger partial charge >= 0.3 is 0 Å². The van der Waals surface area contributed by atoms with E-state index in [-0.39, 0.29) is 18.6 Å². The fourth-order valence-electron chi connectivity index (χ4n) is 2.74. The van der Waals surface area contributed by atoms with Crippen LogP contribution in [0.5, 0.6) is 0 Å². The van der Waals surface area contributed by atoms with Crippen LogP contribution in [0.4, 0.5) is 0 Å². The third-order valence-electron chi connectivity index (χ3n) is 4.08. The molecule has 6 nitrogen and oxygen atoms in total. The van der Waals surface area contributed by atoms with Crippen LogP contribution in [0.15, 0.2) is 12.4 Å². The van der Waals surface area contributed by atoms with Gasteiger partial charge in [0.25, 0.3) is 0 Å². The maximum Gasteiger partial charge on any atom is 0.248 e. The van der Waals surface area contributed by atoms with Crippen molar-refractivity contribution >= 4 is 5.91 Å². The smallest absolute Gasteiger partial charge is 0.248 e. The summed E-state index contributed by atoms with van der Waals surface area (Å²) in [5, 5.41) is 7.96. The Bertz CT molecular complexity index is 452. The van der Waals surface area contributed by atoms with Crippen LogP contribution in [-0.2, 0) is 16.1 Å². The van der Waals surface area contributed by atoms with Gasteiger partial charge in [-0.2, -0.15) is 5.10 Å². The standard InChI is InChI=1S/C15H26N4O2/c1-4-19-10-13(9-16-19)12(2)17-14-5-7-18(8-6-14)15(20)11-21-3/h9-10,12,14,17H,4-8,11H2,1-3H3. The quantitative estimate of drug-likeness (QED) is 0.856. The van der Waals surface area contributed by atoms with E-state index < -0.39 is 0 Å². The molecule has 1 fully saturated rings. The van der Waals surface area contributed by atoms with Crippen LogP contribution in [0.1, 0.15) is 38.3 Å². The molecule has 1 atom stereocenters. The van der Waals surface area contributed by atoms with Gasteiger partial charge in [-0.25, -0.2) is 0 Å². The SMILES string of the molecule is CCn1cc(C(C)NC2CCN(C(=O)COC)CC2)cn1. The Kier molecular flexibility index (Phi) is 5.76. The lowest BCUT2D eigenvalue weighted by Crippen LogP contribution is -2.46. The molecule has 6 heteroatoms. The molecule has 2 rings (SSSR count). The number of nitrogens with zero attached hydrogens (tertiary/aromatic N) is 3. The molecule has 1 aliphatic rings. The highest BCUT2D eigenvalue weighted by molar-refractivity contribution is 5.77. The normalized spacial score (nSPS) is 18.0. The van der Waals surface area contributed by atoms with Gasteiger partial charge in [0.2, 0.25) is 5.91 Å². The minimum atomic E-state index is 0.0909. The molecule has 0 aromatic carbocycles. The summed E-state index contributed by atoms with van der Waals surface area (Å²) in [6, 6.07) is 0.744. The summed E-state index contributed by atoms with van der Waals surface area (Å²) < 4.78 is 6.85. The summed E-state index contributed by atoms with van der Waals surface area (Å²) >= 11 is 0. The number of hydrogen-bond donors (Lipinski definition) is 1. The number of ether oxygens (including phenoxy) is 1. The third kappa shape index (κ3) is 4.28. The molecule has 1 unspecified atom stereocenters. The lowest BCUT2D eigenvalue weighted by atomic mass is 10.0. The van der Waals surface area contributed by atoms with Crippen LogP contribution in [0.2, 0.25) is 0 Å². The molecule has 1 N–H and O–H groups in total. The first-order chi connectivity index (χ1) is 10.1. The van der Waals surface area contributed by atoms with Crippen LogP contribution in [0, 0.1) is 0 Å². The fourth-order valence-corrected chi connectivity index (χ4v) is 2.74. The molecule has 118 valence electrons. The minimum absolute atomic E-state index is 0.0909. The highest BCUT2D eigenvalue weighted by atomic mass is 16.5. The molecule has 1 saturated heterocycles. The summed E-state index contributed by atoms with van der Waals surface area (Å²) in [6.07, 6.45) is 6.00. The average molecular weight is 294 g/mol. The summed E-state index contributed by atoms with van der Waals surface area (Å²) in [7, 11) is 1.56. The van der Waals surface area contributed by atoms with Crippen LogP contribution >= 0.6 is 0 Å². The van der Waals surface area contributed by atoms with Gasteiger partial charge in [-0.3, -0.25) is 9.48 Å². The topological polar surface area (TPSA) is 59.4 Å². The van der Waals surface area contributed by atoms with Crippen molar-refractivity contribution in [1.29, 1.82) is 0 Å². The van der Waals surface area contributed by atoms with Crippen molar-refractivity contribution in [3.05, 3.63) is 18.0 Å². The van der Waals surface area contributed by atoms with E-state index in [9.17, 15) is 4.79 Å². The number of carbonyl (C=O) groups excluding carboxylic acids is 1. The zero-order chi connectivity index (χ0) is 15.2. The van der Waals surface area contributed by atoms with Gasteiger partial charge in [0.05, 0.1) is 6.20 Å². The average Bonchev–Trinajstić information content (AvgIpc) is 2.97. The molecule has 0 radical (unpaired) electrons. The first-order valence-corrected chi connectivity index (χ1v) is 7.69. The molecule has 0 saturated carbocycles. The Morgan fingerprint density at radius 3 is 2.81 bits per heavy atom. The van der Waals surface area contributed by atoms with E-state index in [4.69, 9.17) is 4.74 Å². The number of aromatic nitrogens is 2. The van der Waals surface area contributed by atoms with Gasteiger partial charge in [0.15, 0.2) is 0 Å². The van der Waals surface area contributed by atoms with Gasteiger partial charge < -0.3 is 15.0 Å². The second kappa shape index (κ2) is 7.56. The zero-order valence-corrected chi connectivity index (χ0v) is 13.2. The van der Waals surface area contributed by atoms with Crippen LogP contribution in [0.3, 0.4) is 0 Å². The maximum absolute atomic E-state index is 11.8. The predicted molar refractivity (Wildman–Crippen MR) is 80.9 cm³/mol. The van der Waals surface area contributed by atoms with Crippen molar-refractivity contribution < 1.29 is 9.53 Å². The molecule has 0 spiro atoms. The molecule has 0 bridgehead atoms. The van der Waals surface area contributed by atoms with Gasteiger partial charge in [0, 0.05) is 50.6 Å². The molecule has 1 aromatic rings. The summed E-state index contributed by atoms with van der Waals surface area (Å²) in [5.74, 6) is 0.0909. The van der Waals surface area contributed by atoms with Gasteiger partial charge in [-0.05, 0) is 26.7 Å². The highest BCUT2D eigenvalue weighted by Crippen LogP contribution is 2.17. The number of likely N-dealkylation sites (tertiary alicyclic amines) is 1. The Balaban J connectivity index is 1.79. The van der Waals surface area contributed by atoms with E-state index in [1.807, 2.05) is 15.8 Å². The number of rotatable bonds is 6. The third-order valence-corrected chi connectivity index (χ3v) is 4.08. The van der Waals surface area contributed by atoms with E-state index in [1.165, 1.54) is 5.56 Å². The largest absolute Gasteiger partial charge is 0.375 e. The predicted octanol–water partition coefficient (Wildman–Crippen LogP) is 1.19. The van der Waals surface area contributed by atoms with E-state index in [0.717, 1.165) is 32.5 Å². The molecule has 0 aliphatic carbocycles. The lowest BCUT2D eigenvalue weighted by molar-refractivity contribution is -0.136. The van der Waals surface area contributed by atoms with E-state index in [1.54, 1.807) is 7.11 Å². The zero-order valence-electron chi connectivity index (χ0n) is 13.2. The maximum atomic E-state index is 11.8. The Morgan fingerprint density at radius 2 is 2.24 bits per heavy atom. The summed E-state index contributed by atoms with van der Waals surface area (Å²) in [4.78, 5) is 13.6. The molecule has 1 aliphatic heterocycles. The molecular weight excluding hydrogens is 268 g/mol. The van der Waals surface area contributed by atoms with Crippen molar-refractivity contribution in [2.45, 2.75) is 45.3 Å². The van der Waals surface area contributed by atoms with Gasteiger partial charge in [-0.1, -0.05) is 0 Å². The Hall–Kier alpha value is -1.40. The van der Waals surface area contributed by atoms with Gasteiger partial charge in [-0.15, -0.1) is 0 Å². The first kappa shape index (κ1) is 16.0. The number of hydrogen-bond acceptors (Lipinski definition) is 4. The fraction of sp³-hybridized carbons (Fsp3) is 0.733. The minimum Gasteiger partial charge on any atom is -0.375 e. The lowest BCUT2D eigenvalue weighted by Gasteiger charge is -2.33. The van der Waals surface area contributed by atoms with E-state index in [2.05, 4.69) is 30.5 Å². The number of methoxy groups -OCH3 is 1. The van der Waals surface area contributed by atoms with Crippen LogP contribution in [-0.4, -0.2) is 53.4 Å². The van der Waals surface area contributed by atoms with Crippen molar-refractivity contribution in [3.8, 4) is 0 Å². The Morgan fingerprint density at radius 1 is 1.52 bits per heavy atom. The number of carbonyl (C=O) groups is 1. The molecule has 1 amide bonds. The molecule has 1 aromatic heterocycles. The second-order valence-electron chi connectivity index (χ2n) is 5.61. The van der Waals surface area contributed by atoms with E-state index in [0.29, 0.717) is 6.04 Å². The molecule has 2 heterocycles. The van der Waals surface area contributed by atoms with Crippen LogP contribution in [0.25, 0.3) is 0 Å². The van der Waals surface area contributed by atoms with Crippen LogP contribution < -0.4 is 5.32 Å². The molecule has 21 heavy (non-hydrogen) atoms. The number of amides is 1. The second-order valence-corrected chi connectivity index (χ2v) is 5.61. The Labute approximate surface area is 126 Å². The van der Waals surface area contributed by atoms with E-state index >= 15 is 0 Å². The molecular formula is C15H26N4O2. The van der Waals surface area contributed by atoms with Crippen molar-refractivity contribution in [2.75, 3.05) is 26.8 Å². The number of piperidine rings is 1. The van der Waals surface area contributed by atoms with Crippen molar-refractivity contribution in [3.63, 3.8) is 0 Å². The van der Waals surface area contributed by atoms with Crippen molar-refractivity contribution in [1.82, 2.24) is 20.0 Å². The summed E-state index contributed by atoms with van der Waals surface area (Å²) in [5.41, 5.74) is 1.22. The van der Waals surface area contributed by atoms with Crippen molar-refractivity contribution in [2.24, 2.45) is 0 Å². The monoisotopic (exact) mass is 294 g/mol. The summed E-state index contributed by atoms with van der Waals surface area (Å²) in [6.45, 7) is 6.94. The first-order valence-electron chi connectivity index (χ1n) is 7.69.